The Bertz CT molecular complexity index is 1820. The van der Waals surface area contributed by atoms with Gasteiger partial charge in [0.2, 0.25) is 5.88 Å². The first kappa shape index (κ1) is 26.7. The quantitative estimate of drug-likeness (QED) is 0.198. The first-order valence-corrected chi connectivity index (χ1v) is 13.4. The molecule has 0 aliphatic carbocycles. The Balaban J connectivity index is 1.21. The predicted molar refractivity (Wildman–Crippen MR) is 156 cm³/mol. The molecule has 0 amide bonds. The summed E-state index contributed by atoms with van der Waals surface area (Å²) in [5.41, 5.74) is 3.57. The van der Waals surface area contributed by atoms with E-state index in [1.165, 1.54) is 12.4 Å². The molecule has 0 atom stereocenters. The summed E-state index contributed by atoms with van der Waals surface area (Å²) in [6.45, 7) is 7.01. The fraction of sp³-hybridized carbons (Fsp3) is 0.233. The van der Waals surface area contributed by atoms with E-state index in [0.717, 1.165) is 29.5 Å². The number of aryl methyl sites for hydroxylation is 1. The minimum atomic E-state index is -0.0403. The highest BCUT2D eigenvalue weighted by atomic mass is 16.5. The lowest BCUT2D eigenvalue weighted by Gasteiger charge is -2.33. The number of nitrogens with one attached hydrogen (secondary N) is 1. The summed E-state index contributed by atoms with van der Waals surface area (Å²) in [6, 6.07) is 11.2. The Morgan fingerprint density at radius 3 is 2.69 bits per heavy atom. The highest BCUT2D eigenvalue weighted by molar-refractivity contribution is 5.93. The second kappa shape index (κ2) is 11.6. The second-order valence-corrected chi connectivity index (χ2v) is 9.77. The molecule has 0 radical (unpaired) electrons. The first-order valence-electron chi connectivity index (χ1n) is 13.4. The zero-order valence-corrected chi connectivity index (χ0v) is 23.1. The molecular weight excluding hydrogens is 536 g/mol. The van der Waals surface area contributed by atoms with Crippen molar-refractivity contribution in [3.63, 3.8) is 0 Å². The number of hydrogen-bond donors (Lipinski definition) is 1. The van der Waals surface area contributed by atoms with Gasteiger partial charge in [0.05, 0.1) is 12.6 Å². The number of rotatable bonds is 9. The van der Waals surface area contributed by atoms with E-state index in [0.29, 0.717) is 58.9 Å². The lowest BCUT2D eigenvalue weighted by atomic mass is 10.1. The van der Waals surface area contributed by atoms with Crippen LogP contribution in [0, 0.1) is 6.92 Å². The molecule has 1 N–H and O–H groups in total. The van der Waals surface area contributed by atoms with Crippen LogP contribution in [0.4, 0.5) is 11.5 Å². The van der Waals surface area contributed by atoms with E-state index in [9.17, 15) is 4.79 Å². The zero-order valence-electron chi connectivity index (χ0n) is 23.1. The average molecular weight is 565 g/mol. The van der Waals surface area contributed by atoms with Crippen molar-refractivity contribution in [3.8, 4) is 23.1 Å². The normalized spacial score (nSPS) is 13.5. The van der Waals surface area contributed by atoms with Gasteiger partial charge in [0, 0.05) is 49.1 Å². The van der Waals surface area contributed by atoms with E-state index in [-0.39, 0.29) is 6.10 Å². The van der Waals surface area contributed by atoms with Crippen LogP contribution in [0.1, 0.15) is 18.4 Å². The van der Waals surface area contributed by atoms with Crippen molar-refractivity contribution < 1.29 is 19.0 Å². The largest absolute Gasteiger partial charge is 0.493 e. The maximum Gasteiger partial charge on any atom is 0.224 e. The summed E-state index contributed by atoms with van der Waals surface area (Å²) in [5, 5.41) is 12.1. The maximum absolute atomic E-state index is 11.2. The number of allylic oxidation sites excluding steroid dienone is 1. The van der Waals surface area contributed by atoms with Gasteiger partial charge in [-0.05, 0) is 42.8 Å². The van der Waals surface area contributed by atoms with Crippen molar-refractivity contribution in [2.75, 3.05) is 25.5 Å². The maximum atomic E-state index is 11.2. The first-order chi connectivity index (χ1) is 20.5. The molecule has 12 nitrogen and oxygen atoms in total. The van der Waals surface area contributed by atoms with E-state index in [2.05, 4.69) is 37.0 Å². The van der Waals surface area contributed by atoms with Crippen molar-refractivity contribution in [1.82, 2.24) is 34.4 Å². The van der Waals surface area contributed by atoms with Crippen LogP contribution in [0.3, 0.4) is 0 Å². The van der Waals surface area contributed by atoms with Gasteiger partial charge in [-0.1, -0.05) is 6.58 Å². The molecule has 1 saturated heterocycles. The Labute approximate surface area is 241 Å². The summed E-state index contributed by atoms with van der Waals surface area (Å²) < 4.78 is 19.7. The minimum Gasteiger partial charge on any atom is -0.493 e. The number of anilines is 2. The minimum absolute atomic E-state index is 0.0403. The zero-order chi connectivity index (χ0) is 29.1. The number of aromatic nitrogens is 6. The van der Waals surface area contributed by atoms with Crippen LogP contribution in [-0.2, 0) is 4.79 Å². The van der Waals surface area contributed by atoms with Crippen LogP contribution >= 0.6 is 0 Å². The summed E-state index contributed by atoms with van der Waals surface area (Å²) in [4.78, 5) is 26.4. The molecular formula is C30H28N8O4. The number of methoxy groups -OCH3 is 1. The molecule has 0 bridgehead atoms. The predicted octanol–water partition coefficient (Wildman–Crippen LogP) is 4.67. The van der Waals surface area contributed by atoms with Gasteiger partial charge in [0.25, 0.3) is 0 Å². The molecule has 0 saturated carbocycles. The Kier molecular flexibility index (Phi) is 7.35. The van der Waals surface area contributed by atoms with Gasteiger partial charge in [-0.2, -0.15) is 0 Å². The molecule has 2 aromatic carbocycles. The van der Waals surface area contributed by atoms with Gasteiger partial charge in [0.15, 0.2) is 17.1 Å². The Hall–Kier alpha value is -5.48. The number of likely N-dealkylation sites (tertiary alicyclic amines) is 1. The molecule has 5 aromatic rings. The number of fused-ring (bicyclic) bond motifs is 2. The van der Waals surface area contributed by atoms with Gasteiger partial charge >= 0.3 is 0 Å². The fourth-order valence-electron chi connectivity index (χ4n) is 4.90. The van der Waals surface area contributed by atoms with Gasteiger partial charge in [-0.15, -0.1) is 10.2 Å². The summed E-state index contributed by atoms with van der Waals surface area (Å²) in [7, 11) is 1.61. The van der Waals surface area contributed by atoms with E-state index in [4.69, 9.17) is 14.2 Å². The lowest BCUT2D eigenvalue weighted by molar-refractivity contribution is 0.116. The van der Waals surface area contributed by atoms with Gasteiger partial charge in [-0.25, -0.2) is 19.7 Å². The Morgan fingerprint density at radius 2 is 1.93 bits per heavy atom. The molecule has 3 aromatic heterocycles. The SMILES string of the molecule is C=CC(=C=O)N1CCC(Oc2cc3c(Nc4ccc(Oc5cc6nncn6cn5)c(C)c4)ncnc3cc2OC)CC1. The molecule has 6 rings (SSSR count). The molecule has 0 unspecified atom stereocenters. The summed E-state index contributed by atoms with van der Waals surface area (Å²) in [6.07, 6.45) is 7.68. The van der Waals surface area contributed by atoms with Crippen molar-refractivity contribution in [2.24, 2.45) is 0 Å². The number of ether oxygens (including phenoxy) is 3. The third-order valence-electron chi connectivity index (χ3n) is 7.11. The van der Waals surface area contributed by atoms with E-state index >= 15 is 0 Å². The third kappa shape index (κ3) is 5.43. The van der Waals surface area contributed by atoms with Crippen LogP contribution in [0.15, 0.2) is 73.7 Å². The standard InChI is InChI=1S/C30H28N8O4/c1-4-21(15-39)37-9-7-22(8-10-37)41-27-12-23-24(13-26(27)40-3)31-16-32-30(23)35-20-5-6-25(19(2)11-20)42-29-14-28-36-34-18-38(28)17-33-29/h4-6,11-14,16-18,22H,1,7-10H2,2-3H3,(H,31,32,35). The third-order valence-corrected chi connectivity index (χ3v) is 7.11. The molecule has 12 heteroatoms. The van der Waals surface area contributed by atoms with Crippen molar-refractivity contribution in [1.29, 1.82) is 0 Å². The average Bonchev–Trinajstić information content (AvgIpc) is 3.48. The number of nitrogens with zero attached hydrogens (tertiary/aromatic N) is 7. The smallest absolute Gasteiger partial charge is 0.224 e. The van der Waals surface area contributed by atoms with Crippen molar-refractivity contribution in [2.45, 2.75) is 25.9 Å². The molecule has 1 fully saturated rings. The van der Waals surface area contributed by atoms with Crippen LogP contribution < -0.4 is 19.5 Å². The number of benzene rings is 2. The molecule has 1 aliphatic heterocycles. The van der Waals surface area contributed by atoms with E-state index in [1.54, 1.807) is 30.2 Å². The molecule has 0 spiro atoms. The number of carbonyl (C=O) groups excluding carboxylic acids is 1. The number of hydrogen-bond acceptors (Lipinski definition) is 11. The van der Waals surface area contributed by atoms with Crippen molar-refractivity contribution in [3.05, 3.63) is 79.3 Å². The van der Waals surface area contributed by atoms with Crippen LogP contribution in [-0.4, -0.2) is 66.7 Å². The van der Waals surface area contributed by atoms with Crippen molar-refractivity contribution >= 4 is 34.0 Å². The van der Waals surface area contributed by atoms with Gasteiger partial charge in [-0.3, -0.25) is 4.40 Å². The van der Waals surface area contributed by atoms with Gasteiger partial charge in [0.1, 0.15) is 48.3 Å². The van der Waals surface area contributed by atoms with Crippen LogP contribution in [0.25, 0.3) is 16.6 Å². The molecule has 4 heterocycles. The lowest BCUT2D eigenvalue weighted by Crippen LogP contribution is -2.37. The molecule has 42 heavy (non-hydrogen) atoms. The van der Waals surface area contributed by atoms with E-state index < -0.39 is 0 Å². The summed E-state index contributed by atoms with van der Waals surface area (Å²) in [5.74, 6) is 4.86. The topological polar surface area (TPSA) is 129 Å². The van der Waals surface area contributed by atoms with Crippen LogP contribution in [0.5, 0.6) is 23.1 Å². The Morgan fingerprint density at radius 1 is 1.07 bits per heavy atom. The highest BCUT2D eigenvalue weighted by Crippen LogP contribution is 2.37. The van der Waals surface area contributed by atoms with Gasteiger partial charge < -0.3 is 24.4 Å². The second-order valence-electron chi connectivity index (χ2n) is 9.77. The molecule has 212 valence electrons. The van der Waals surface area contributed by atoms with E-state index in [1.807, 2.05) is 48.1 Å². The fourth-order valence-corrected chi connectivity index (χ4v) is 4.90. The summed E-state index contributed by atoms with van der Waals surface area (Å²) >= 11 is 0. The monoisotopic (exact) mass is 564 g/mol. The number of piperidine rings is 1. The molecule has 1 aliphatic rings. The highest BCUT2D eigenvalue weighted by Gasteiger charge is 2.23. The van der Waals surface area contributed by atoms with Crippen LogP contribution in [0.2, 0.25) is 0 Å².